The number of anilines is 1. The second-order valence-corrected chi connectivity index (χ2v) is 5.15. The fraction of sp³-hybridized carbons (Fsp3) is 0.400. The van der Waals surface area contributed by atoms with E-state index in [9.17, 15) is 14.4 Å². The zero-order valence-electron chi connectivity index (χ0n) is 13.2. The van der Waals surface area contributed by atoms with Crippen LogP contribution in [0.25, 0.3) is 0 Å². The van der Waals surface area contributed by atoms with Gasteiger partial charge in [0.15, 0.2) is 0 Å². The van der Waals surface area contributed by atoms with Crippen molar-refractivity contribution < 1.29 is 19.1 Å². The normalized spacial score (nSPS) is 11.3. The van der Waals surface area contributed by atoms with Crippen LogP contribution in [0.1, 0.15) is 30.1 Å². The van der Waals surface area contributed by atoms with E-state index in [1.165, 1.54) is 32.4 Å². The first-order valence-corrected chi connectivity index (χ1v) is 7.47. The van der Waals surface area contributed by atoms with Gasteiger partial charge in [-0.25, -0.2) is 9.59 Å². The Morgan fingerprint density at radius 1 is 1.30 bits per heavy atom. The molecule has 126 valence electrons. The fourth-order valence-electron chi connectivity index (χ4n) is 1.93. The smallest absolute Gasteiger partial charge is 0.339 e. The molecule has 1 rings (SSSR count). The third kappa shape index (κ3) is 5.45. The molecule has 8 heteroatoms. The predicted octanol–water partition coefficient (Wildman–Crippen LogP) is 2.16. The molecule has 23 heavy (non-hydrogen) atoms. The number of nitrogens with one attached hydrogen (secondary N) is 3. The second-order valence-electron chi connectivity index (χ2n) is 4.74. The van der Waals surface area contributed by atoms with Gasteiger partial charge in [-0.1, -0.05) is 24.9 Å². The zero-order valence-corrected chi connectivity index (χ0v) is 14.0. The summed E-state index contributed by atoms with van der Waals surface area (Å²) in [6.07, 6.45) is 1.27. The van der Waals surface area contributed by atoms with Crippen molar-refractivity contribution >= 4 is 35.2 Å². The van der Waals surface area contributed by atoms with Gasteiger partial charge >= 0.3 is 12.0 Å². The maximum Gasteiger partial charge on any atom is 0.339 e. The highest BCUT2D eigenvalue weighted by molar-refractivity contribution is 6.34. The van der Waals surface area contributed by atoms with Crippen molar-refractivity contribution in [3.05, 3.63) is 28.8 Å². The van der Waals surface area contributed by atoms with Gasteiger partial charge in [0.25, 0.3) is 0 Å². The largest absolute Gasteiger partial charge is 0.465 e. The van der Waals surface area contributed by atoms with Gasteiger partial charge in [0, 0.05) is 12.7 Å². The van der Waals surface area contributed by atoms with Crippen LogP contribution in [-0.2, 0) is 9.53 Å². The molecule has 0 saturated carbocycles. The van der Waals surface area contributed by atoms with Crippen molar-refractivity contribution in [3.8, 4) is 0 Å². The highest BCUT2D eigenvalue weighted by atomic mass is 35.5. The molecule has 3 N–H and O–H groups in total. The van der Waals surface area contributed by atoms with Crippen molar-refractivity contribution in [2.45, 2.75) is 25.8 Å². The summed E-state index contributed by atoms with van der Waals surface area (Å²) < 4.78 is 4.59. The van der Waals surface area contributed by atoms with E-state index in [4.69, 9.17) is 11.6 Å². The fourth-order valence-corrected chi connectivity index (χ4v) is 2.18. The average molecular weight is 342 g/mol. The summed E-state index contributed by atoms with van der Waals surface area (Å²) in [6, 6.07) is 3.25. The van der Waals surface area contributed by atoms with Gasteiger partial charge in [-0.05, 0) is 24.6 Å². The molecular formula is C15H20ClN3O4. The summed E-state index contributed by atoms with van der Waals surface area (Å²) in [5.41, 5.74) is 0.599. The van der Waals surface area contributed by atoms with E-state index in [0.29, 0.717) is 12.1 Å². The Balaban J connectivity index is 2.75. The highest BCUT2D eigenvalue weighted by Gasteiger charge is 2.19. The Hall–Kier alpha value is -2.28. The van der Waals surface area contributed by atoms with Crippen LogP contribution in [0.2, 0.25) is 5.02 Å². The third-order valence-electron chi connectivity index (χ3n) is 3.08. The SMILES string of the molecule is CCCC(NC(=O)Nc1ccc(C(=O)OC)c(Cl)c1)C(=O)NC. The van der Waals surface area contributed by atoms with Crippen molar-refractivity contribution in [1.82, 2.24) is 10.6 Å². The van der Waals surface area contributed by atoms with E-state index >= 15 is 0 Å². The first-order chi connectivity index (χ1) is 10.9. The Bertz CT molecular complexity index is 592. The number of rotatable bonds is 6. The van der Waals surface area contributed by atoms with E-state index in [-0.39, 0.29) is 16.5 Å². The van der Waals surface area contributed by atoms with Crippen LogP contribution in [-0.4, -0.2) is 38.1 Å². The molecule has 0 saturated heterocycles. The molecule has 0 aliphatic carbocycles. The number of halogens is 1. The third-order valence-corrected chi connectivity index (χ3v) is 3.39. The molecule has 1 aromatic rings. The summed E-state index contributed by atoms with van der Waals surface area (Å²) in [5, 5.41) is 7.82. The van der Waals surface area contributed by atoms with Gasteiger partial charge in [-0.3, -0.25) is 4.79 Å². The number of amides is 3. The lowest BCUT2D eigenvalue weighted by Crippen LogP contribution is -2.47. The van der Waals surface area contributed by atoms with Gasteiger partial charge in [0.2, 0.25) is 5.91 Å². The molecule has 3 amide bonds. The lowest BCUT2D eigenvalue weighted by atomic mass is 10.1. The molecular weight excluding hydrogens is 322 g/mol. The minimum Gasteiger partial charge on any atom is -0.465 e. The van der Waals surface area contributed by atoms with Gasteiger partial charge in [0.1, 0.15) is 6.04 Å². The standard InChI is InChI=1S/C15H20ClN3O4/c1-4-5-12(13(20)17-2)19-15(22)18-9-6-7-10(11(16)8-9)14(21)23-3/h6-8,12H,4-5H2,1-3H3,(H,17,20)(H2,18,19,22). The van der Waals surface area contributed by atoms with Crippen LogP contribution in [0.5, 0.6) is 0 Å². The van der Waals surface area contributed by atoms with Crippen LogP contribution < -0.4 is 16.0 Å². The molecule has 0 aromatic heterocycles. The van der Waals surface area contributed by atoms with Gasteiger partial charge < -0.3 is 20.7 Å². The molecule has 1 atom stereocenters. The topological polar surface area (TPSA) is 96.5 Å². The Kier molecular flexibility index (Phi) is 7.34. The lowest BCUT2D eigenvalue weighted by molar-refractivity contribution is -0.122. The number of ether oxygens (including phenoxy) is 1. The maximum atomic E-state index is 12.0. The van der Waals surface area contributed by atoms with Crippen molar-refractivity contribution in [2.75, 3.05) is 19.5 Å². The minimum absolute atomic E-state index is 0.158. The highest BCUT2D eigenvalue weighted by Crippen LogP contribution is 2.21. The van der Waals surface area contributed by atoms with Crippen LogP contribution >= 0.6 is 11.6 Å². The monoisotopic (exact) mass is 341 g/mol. The van der Waals surface area contributed by atoms with E-state index in [2.05, 4.69) is 20.7 Å². The molecule has 0 aliphatic heterocycles. The molecule has 0 radical (unpaired) electrons. The summed E-state index contributed by atoms with van der Waals surface area (Å²) in [6.45, 7) is 1.92. The Labute approximate surface area is 139 Å². The van der Waals surface area contributed by atoms with Gasteiger partial charge in [0.05, 0.1) is 17.7 Å². The molecule has 0 fully saturated rings. The number of likely N-dealkylation sites (N-methyl/N-ethyl adjacent to an activating group) is 1. The van der Waals surface area contributed by atoms with Gasteiger partial charge in [-0.15, -0.1) is 0 Å². The number of urea groups is 1. The summed E-state index contributed by atoms with van der Waals surface area (Å²) >= 11 is 5.98. The van der Waals surface area contributed by atoms with E-state index in [0.717, 1.165) is 6.42 Å². The molecule has 7 nitrogen and oxygen atoms in total. The Morgan fingerprint density at radius 2 is 2.00 bits per heavy atom. The lowest BCUT2D eigenvalue weighted by Gasteiger charge is -2.17. The second kappa shape index (κ2) is 8.99. The van der Waals surface area contributed by atoms with Crippen LogP contribution in [0.3, 0.4) is 0 Å². The molecule has 0 aliphatic rings. The first kappa shape index (κ1) is 18.8. The molecule has 0 bridgehead atoms. The van der Waals surface area contributed by atoms with Crippen molar-refractivity contribution in [1.29, 1.82) is 0 Å². The predicted molar refractivity (Wildman–Crippen MR) is 87.7 cm³/mol. The number of carbonyl (C=O) groups excluding carboxylic acids is 3. The molecule has 0 spiro atoms. The van der Waals surface area contributed by atoms with Crippen LogP contribution in [0.15, 0.2) is 18.2 Å². The van der Waals surface area contributed by atoms with Crippen LogP contribution in [0.4, 0.5) is 10.5 Å². The zero-order chi connectivity index (χ0) is 17.4. The average Bonchev–Trinajstić information content (AvgIpc) is 2.53. The number of hydrogen-bond donors (Lipinski definition) is 3. The number of hydrogen-bond acceptors (Lipinski definition) is 4. The summed E-state index contributed by atoms with van der Waals surface area (Å²) in [5.74, 6) is -0.824. The maximum absolute atomic E-state index is 12.0. The minimum atomic E-state index is -0.616. The van der Waals surface area contributed by atoms with E-state index in [1.54, 1.807) is 0 Å². The quantitative estimate of drug-likeness (QED) is 0.691. The molecule has 1 unspecified atom stereocenters. The first-order valence-electron chi connectivity index (χ1n) is 7.09. The number of methoxy groups -OCH3 is 1. The molecule has 0 heterocycles. The van der Waals surface area contributed by atoms with E-state index in [1.807, 2.05) is 6.92 Å². The van der Waals surface area contributed by atoms with Crippen LogP contribution in [0, 0.1) is 0 Å². The Morgan fingerprint density at radius 3 is 2.52 bits per heavy atom. The van der Waals surface area contributed by atoms with Gasteiger partial charge in [-0.2, -0.15) is 0 Å². The molecule has 1 aromatic carbocycles. The van der Waals surface area contributed by atoms with E-state index < -0.39 is 18.0 Å². The summed E-state index contributed by atoms with van der Waals surface area (Å²) in [7, 11) is 2.76. The summed E-state index contributed by atoms with van der Waals surface area (Å²) in [4.78, 5) is 35.1. The number of carbonyl (C=O) groups is 3. The number of benzene rings is 1. The van der Waals surface area contributed by atoms with Crippen molar-refractivity contribution in [2.24, 2.45) is 0 Å². The number of esters is 1. The van der Waals surface area contributed by atoms with Crippen molar-refractivity contribution in [3.63, 3.8) is 0 Å².